The quantitative estimate of drug-likeness (QED) is 0.850. The highest BCUT2D eigenvalue weighted by Crippen LogP contribution is 2.11. The molecule has 0 aliphatic carbocycles. The van der Waals surface area contributed by atoms with Gasteiger partial charge in [-0.1, -0.05) is 48.5 Å². The highest BCUT2D eigenvalue weighted by Gasteiger charge is 2.18. The molecule has 1 atom stereocenters. The summed E-state index contributed by atoms with van der Waals surface area (Å²) in [5.41, 5.74) is 0.716. The van der Waals surface area contributed by atoms with Crippen LogP contribution in [0.15, 0.2) is 60.7 Å². The molecule has 0 amide bonds. The molecule has 0 spiro atoms. The second-order valence-electron chi connectivity index (χ2n) is 4.82. The third kappa shape index (κ3) is 5.57. The maximum Gasteiger partial charge on any atom is 0.157 e. The monoisotopic (exact) mass is 306 g/mol. The van der Waals surface area contributed by atoms with Crippen LogP contribution < -0.4 is 4.74 Å². The minimum absolute atomic E-state index is 0.0436. The fourth-order valence-corrected chi connectivity index (χ4v) is 3.44. The number of ether oxygens (including phenoxy) is 1. The van der Waals surface area contributed by atoms with Crippen LogP contribution >= 0.6 is 0 Å². The summed E-state index contributed by atoms with van der Waals surface area (Å²) in [6, 6.07) is 17.9. The van der Waals surface area contributed by atoms with Gasteiger partial charge < -0.3 is 9.84 Å². The lowest BCUT2D eigenvalue weighted by atomic mass is 10.2. The van der Waals surface area contributed by atoms with Crippen LogP contribution in [0.3, 0.4) is 0 Å². The standard InChI is InChI=1S/C16H18O4S/c17-15(11-20-16-9-5-2-6-10-16)13-21(18,19)12-14-7-3-1-4-8-14/h1-10,15,17H,11-13H2/t15-/m0/s1. The van der Waals surface area contributed by atoms with Crippen LogP contribution in [0.5, 0.6) is 5.75 Å². The smallest absolute Gasteiger partial charge is 0.157 e. The molecule has 0 saturated carbocycles. The SMILES string of the molecule is O=S(=O)(Cc1ccccc1)C[C@@H](O)COc1ccccc1. The van der Waals surface area contributed by atoms with Gasteiger partial charge in [0.2, 0.25) is 0 Å². The molecular formula is C16H18O4S. The summed E-state index contributed by atoms with van der Waals surface area (Å²) in [6.07, 6.45) is -1.04. The maximum absolute atomic E-state index is 12.0. The Balaban J connectivity index is 1.85. The van der Waals surface area contributed by atoms with Gasteiger partial charge in [0.15, 0.2) is 9.84 Å². The van der Waals surface area contributed by atoms with Crippen molar-refractivity contribution >= 4 is 9.84 Å². The third-order valence-corrected chi connectivity index (χ3v) is 4.53. The van der Waals surface area contributed by atoms with E-state index < -0.39 is 15.9 Å². The number of rotatable bonds is 7. The Morgan fingerprint density at radius 3 is 2.14 bits per heavy atom. The predicted octanol–water partition coefficient (Wildman–Crippen LogP) is 2.04. The van der Waals surface area contributed by atoms with Crippen molar-refractivity contribution in [2.24, 2.45) is 0 Å². The van der Waals surface area contributed by atoms with Crippen LogP contribution in [0.4, 0.5) is 0 Å². The van der Waals surface area contributed by atoms with E-state index in [2.05, 4.69) is 0 Å². The van der Waals surface area contributed by atoms with Gasteiger partial charge in [-0.25, -0.2) is 8.42 Å². The summed E-state index contributed by atoms with van der Waals surface area (Å²) in [7, 11) is -3.37. The Labute approximate surface area is 124 Å². The number of hydrogen-bond donors (Lipinski definition) is 1. The van der Waals surface area contributed by atoms with Crippen LogP contribution in [-0.4, -0.2) is 32.0 Å². The van der Waals surface area contributed by atoms with E-state index in [4.69, 9.17) is 4.74 Å². The molecule has 0 aliphatic heterocycles. The summed E-state index contributed by atoms with van der Waals surface area (Å²) in [5, 5.41) is 9.82. The molecule has 112 valence electrons. The molecule has 21 heavy (non-hydrogen) atoms. The van der Waals surface area contributed by atoms with E-state index in [1.807, 2.05) is 24.3 Å². The Morgan fingerprint density at radius 1 is 0.952 bits per heavy atom. The molecule has 0 aliphatic rings. The molecule has 5 heteroatoms. The number of sulfone groups is 1. The van der Waals surface area contributed by atoms with Gasteiger partial charge in [-0.15, -0.1) is 0 Å². The summed E-state index contributed by atoms with van der Waals surface area (Å²) in [4.78, 5) is 0. The first-order chi connectivity index (χ1) is 10.1. The molecule has 0 radical (unpaired) electrons. The molecule has 2 aromatic rings. The zero-order chi connectivity index (χ0) is 15.1. The van der Waals surface area contributed by atoms with Crippen LogP contribution in [0, 0.1) is 0 Å². The Kier molecular flexibility index (Phi) is 5.36. The third-order valence-electron chi connectivity index (χ3n) is 2.86. The fourth-order valence-electron chi connectivity index (χ4n) is 1.94. The van der Waals surface area contributed by atoms with Gasteiger partial charge in [0.1, 0.15) is 18.5 Å². The van der Waals surface area contributed by atoms with Crippen molar-refractivity contribution in [3.63, 3.8) is 0 Å². The molecule has 2 rings (SSSR count). The molecule has 0 aromatic heterocycles. The molecule has 0 unspecified atom stereocenters. The highest BCUT2D eigenvalue weighted by molar-refractivity contribution is 7.90. The molecule has 0 heterocycles. The largest absolute Gasteiger partial charge is 0.491 e. The molecule has 4 nitrogen and oxygen atoms in total. The molecule has 0 fully saturated rings. The van der Waals surface area contributed by atoms with Gasteiger partial charge in [-0.3, -0.25) is 0 Å². The van der Waals surface area contributed by atoms with E-state index in [0.29, 0.717) is 11.3 Å². The van der Waals surface area contributed by atoms with Crippen molar-refractivity contribution in [3.05, 3.63) is 66.2 Å². The number of benzene rings is 2. The lowest BCUT2D eigenvalue weighted by molar-refractivity contribution is 0.125. The molecule has 0 saturated heterocycles. The topological polar surface area (TPSA) is 63.6 Å². The van der Waals surface area contributed by atoms with E-state index in [1.165, 1.54) is 0 Å². The maximum atomic E-state index is 12.0. The minimum Gasteiger partial charge on any atom is -0.491 e. The average molecular weight is 306 g/mol. The lowest BCUT2D eigenvalue weighted by Crippen LogP contribution is -2.27. The fraction of sp³-hybridized carbons (Fsp3) is 0.250. The first-order valence-electron chi connectivity index (χ1n) is 6.65. The van der Waals surface area contributed by atoms with E-state index >= 15 is 0 Å². The van der Waals surface area contributed by atoms with Crippen molar-refractivity contribution in [2.45, 2.75) is 11.9 Å². The van der Waals surface area contributed by atoms with Gasteiger partial charge in [-0.2, -0.15) is 0 Å². The van der Waals surface area contributed by atoms with Crippen LogP contribution in [0.1, 0.15) is 5.56 Å². The van der Waals surface area contributed by atoms with Gasteiger partial charge in [0.25, 0.3) is 0 Å². The first kappa shape index (κ1) is 15.5. The van der Waals surface area contributed by atoms with Gasteiger partial charge in [0, 0.05) is 0 Å². The summed E-state index contributed by atoms with van der Waals surface area (Å²) < 4.78 is 29.4. The van der Waals surface area contributed by atoms with E-state index in [-0.39, 0.29) is 18.1 Å². The van der Waals surface area contributed by atoms with Crippen molar-refractivity contribution < 1.29 is 18.3 Å². The molecule has 1 N–H and O–H groups in total. The van der Waals surface area contributed by atoms with E-state index in [1.54, 1.807) is 36.4 Å². The van der Waals surface area contributed by atoms with Crippen molar-refractivity contribution in [2.75, 3.05) is 12.4 Å². The first-order valence-corrected chi connectivity index (χ1v) is 8.47. The predicted molar refractivity (Wildman–Crippen MR) is 81.9 cm³/mol. The average Bonchev–Trinajstić information content (AvgIpc) is 2.46. The molecular weight excluding hydrogens is 288 g/mol. The van der Waals surface area contributed by atoms with Gasteiger partial charge in [-0.05, 0) is 17.7 Å². The second-order valence-corrected chi connectivity index (χ2v) is 6.93. The number of hydrogen-bond acceptors (Lipinski definition) is 4. The summed E-state index contributed by atoms with van der Waals surface area (Å²) in [5.74, 6) is 0.224. The Bertz CT molecular complexity index is 638. The van der Waals surface area contributed by atoms with Crippen molar-refractivity contribution in [1.82, 2.24) is 0 Å². The minimum atomic E-state index is -3.37. The Hall–Kier alpha value is -1.85. The van der Waals surface area contributed by atoms with Crippen LogP contribution in [-0.2, 0) is 15.6 Å². The zero-order valence-corrected chi connectivity index (χ0v) is 12.4. The Morgan fingerprint density at radius 2 is 1.52 bits per heavy atom. The van der Waals surface area contributed by atoms with Crippen LogP contribution in [0.2, 0.25) is 0 Å². The number of aliphatic hydroxyl groups excluding tert-OH is 1. The number of aliphatic hydroxyl groups is 1. The van der Waals surface area contributed by atoms with Crippen molar-refractivity contribution in [3.8, 4) is 5.75 Å². The summed E-state index contributed by atoms with van der Waals surface area (Å²) in [6.45, 7) is -0.0436. The highest BCUT2D eigenvalue weighted by atomic mass is 32.2. The van der Waals surface area contributed by atoms with Gasteiger partial charge in [0.05, 0.1) is 11.5 Å². The van der Waals surface area contributed by atoms with Crippen LogP contribution in [0.25, 0.3) is 0 Å². The van der Waals surface area contributed by atoms with E-state index in [0.717, 1.165) is 0 Å². The number of para-hydroxylation sites is 1. The zero-order valence-electron chi connectivity index (χ0n) is 11.6. The summed E-state index contributed by atoms with van der Waals surface area (Å²) >= 11 is 0. The second kappa shape index (κ2) is 7.24. The lowest BCUT2D eigenvalue weighted by Gasteiger charge is -2.12. The van der Waals surface area contributed by atoms with E-state index in [9.17, 15) is 13.5 Å². The molecule has 0 bridgehead atoms. The molecule has 2 aromatic carbocycles. The van der Waals surface area contributed by atoms with Crippen molar-refractivity contribution in [1.29, 1.82) is 0 Å². The normalized spacial score (nSPS) is 12.8. The van der Waals surface area contributed by atoms with Gasteiger partial charge >= 0.3 is 0 Å².